The van der Waals surface area contributed by atoms with Gasteiger partial charge in [-0.2, -0.15) is 0 Å². The molecule has 0 bridgehead atoms. The third-order valence-electron chi connectivity index (χ3n) is 6.29. The predicted octanol–water partition coefficient (Wildman–Crippen LogP) is 3.74. The highest BCUT2D eigenvalue weighted by Gasteiger charge is 2.42. The maximum atomic E-state index is 13.5. The highest BCUT2D eigenvalue weighted by atomic mass is 16.5. The molecule has 168 valence electrons. The van der Waals surface area contributed by atoms with Crippen LogP contribution in [-0.4, -0.2) is 55.5 Å². The number of methoxy groups -OCH3 is 2. The number of benzene rings is 2. The minimum atomic E-state index is -0.204. The van der Waals surface area contributed by atoms with Crippen molar-refractivity contribution in [1.82, 2.24) is 9.80 Å². The van der Waals surface area contributed by atoms with Crippen molar-refractivity contribution in [3.63, 3.8) is 0 Å². The van der Waals surface area contributed by atoms with Crippen molar-refractivity contribution in [3.05, 3.63) is 64.3 Å². The minimum Gasteiger partial charge on any atom is -0.493 e. The Morgan fingerprint density at radius 2 is 1.59 bits per heavy atom. The molecule has 1 saturated heterocycles. The van der Waals surface area contributed by atoms with E-state index in [9.17, 15) is 9.59 Å². The van der Waals surface area contributed by atoms with Crippen LogP contribution in [0.4, 0.5) is 0 Å². The molecule has 4 rings (SSSR count). The SMILES string of the molecule is COc1ccc(CCN2C(=O)C(c3ccc(C)cc3C)=C(N3CCCC3)C2=O)cc1OC. The number of amides is 2. The molecule has 0 aliphatic carbocycles. The summed E-state index contributed by atoms with van der Waals surface area (Å²) in [5.74, 6) is 0.896. The molecule has 32 heavy (non-hydrogen) atoms. The van der Waals surface area contributed by atoms with Gasteiger partial charge in [-0.3, -0.25) is 14.5 Å². The lowest BCUT2D eigenvalue weighted by atomic mass is 9.97. The van der Waals surface area contributed by atoms with E-state index in [0.717, 1.165) is 48.2 Å². The topological polar surface area (TPSA) is 59.1 Å². The number of carbonyl (C=O) groups excluding carboxylic acids is 2. The monoisotopic (exact) mass is 434 g/mol. The molecular weight excluding hydrogens is 404 g/mol. The van der Waals surface area contributed by atoms with Crippen LogP contribution in [0.5, 0.6) is 11.5 Å². The molecule has 0 unspecified atom stereocenters. The van der Waals surface area contributed by atoms with Crippen LogP contribution in [-0.2, 0) is 16.0 Å². The molecule has 2 aliphatic heterocycles. The van der Waals surface area contributed by atoms with E-state index in [0.29, 0.717) is 35.7 Å². The van der Waals surface area contributed by atoms with Crippen molar-refractivity contribution in [2.24, 2.45) is 0 Å². The van der Waals surface area contributed by atoms with Gasteiger partial charge in [-0.15, -0.1) is 0 Å². The van der Waals surface area contributed by atoms with E-state index in [1.807, 2.05) is 44.2 Å². The van der Waals surface area contributed by atoms with Gasteiger partial charge in [0.15, 0.2) is 11.5 Å². The van der Waals surface area contributed by atoms with E-state index >= 15 is 0 Å². The molecule has 0 radical (unpaired) electrons. The van der Waals surface area contributed by atoms with E-state index in [1.54, 1.807) is 14.2 Å². The van der Waals surface area contributed by atoms with Gasteiger partial charge in [-0.25, -0.2) is 0 Å². The second kappa shape index (κ2) is 9.07. The van der Waals surface area contributed by atoms with Crippen molar-refractivity contribution < 1.29 is 19.1 Å². The van der Waals surface area contributed by atoms with Crippen molar-refractivity contribution in [3.8, 4) is 11.5 Å². The number of rotatable bonds is 7. The molecule has 2 amide bonds. The molecule has 2 aromatic carbocycles. The van der Waals surface area contributed by atoms with Gasteiger partial charge in [0.25, 0.3) is 11.8 Å². The van der Waals surface area contributed by atoms with Gasteiger partial charge < -0.3 is 14.4 Å². The molecule has 2 aromatic rings. The summed E-state index contributed by atoms with van der Waals surface area (Å²) in [4.78, 5) is 30.5. The van der Waals surface area contributed by atoms with Crippen LogP contribution in [0, 0.1) is 13.8 Å². The van der Waals surface area contributed by atoms with Crippen molar-refractivity contribution in [2.75, 3.05) is 33.9 Å². The first kappa shape index (κ1) is 21.9. The molecule has 2 aliphatic rings. The first-order valence-electron chi connectivity index (χ1n) is 11.1. The van der Waals surface area contributed by atoms with E-state index < -0.39 is 0 Å². The second-order valence-corrected chi connectivity index (χ2v) is 8.44. The molecule has 0 spiro atoms. The second-order valence-electron chi connectivity index (χ2n) is 8.44. The Labute approximate surface area is 189 Å². The highest BCUT2D eigenvalue weighted by Crippen LogP contribution is 2.35. The van der Waals surface area contributed by atoms with Crippen LogP contribution < -0.4 is 9.47 Å². The molecule has 0 saturated carbocycles. The largest absolute Gasteiger partial charge is 0.493 e. The molecule has 0 N–H and O–H groups in total. The maximum Gasteiger partial charge on any atom is 0.277 e. The van der Waals surface area contributed by atoms with Crippen LogP contribution in [0.25, 0.3) is 5.57 Å². The zero-order valence-electron chi connectivity index (χ0n) is 19.2. The fourth-order valence-electron chi connectivity index (χ4n) is 4.61. The molecule has 2 heterocycles. The maximum absolute atomic E-state index is 13.5. The van der Waals surface area contributed by atoms with Crippen molar-refractivity contribution >= 4 is 17.4 Å². The summed E-state index contributed by atoms with van der Waals surface area (Å²) in [5, 5.41) is 0. The minimum absolute atomic E-state index is 0.188. The molecule has 1 fully saturated rings. The predicted molar refractivity (Wildman–Crippen MR) is 124 cm³/mol. The quantitative estimate of drug-likeness (QED) is 0.622. The number of hydrogen-bond acceptors (Lipinski definition) is 5. The highest BCUT2D eigenvalue weighted by molar-refractivity contribution is 6.35. The Morgan fingerprint density at radius 3 is 2.25 bits per heavy atom. The molecular formula is C26H30N2O4. The molecule has 6 heteroatoms. The number of likely N-dealkylation sites (tertiary alicyclic amines) is 1. The van der Waals surface area contributed by atoms with Crippen LogP contribution in [0.1, 0.15) is 35.1 Å². The number of ether oxygens (including phenoxy) is 2. The third kappa shape index (κ3) is 3.97. The molecule has 0 aromatic heterocycles. The summed E-state index contributed by atoms with van der Waals surface area (Å²) in [5.41, 5.74) is 5.08. The zero-order valence-corrected chi connectivity index (χ0v) is 19.2. The Balaban J connectivity index is 1.63. The Kier molecular flexibility index (Phi) is 6.21. The number of carbonyl (C=O) groups is 2. The summed E-state index contributed by atoms with van der Waals surface area (Å²) in [6.07, 6.45) is 2.62. The Hall–Kier alpha value is -3.28. The fraction of sp³-hybridized carbons (Fsp3) is 0.385. The summed E-state index contributed by atoms with van der Waals surface area (Å²) < 4.78 is 10.7. The molecule has 6 nitrogen and oxygen atoms in total. The lowest BCUT2D eigenvalue weighted by Gasteiger charge is -2.20. The van der Waals surface area contributed by atoms with Gasteiger partial charge in [0.1, 0.15) is 5.70 Å². The first-order valence-corrected chi connectivity index (χ1v) is 11.1. The standard InChI is InChI=1S/C26H30N2O4/c1-17-7-9-20(18(2)15-17)23-24(27-12-5-6-13-27)26(30)28(25(23)29)14-11-19-8-10-21(31-3)22(16-19)32-4/h7-10,15-16H,5-6,11-14H2,1-4H3. The summed E-state index contributed by atoms with van der Waals surface area (Å²) in [7, 11) is 3.19. The van der Waals surface area contributed by atoms with Gasteiger partial charge in [0.2, 0.25) is 0 Å². The van der Waals surface area contributed by atoms with Crippen molar-refractivity contribution in [2.45, 2.75) is 33.1 Å². The van der Waals surface area contributed by atoms with Gasteiger partial charge in [-0.05, 0) is 61.9 Å². The van der Waals surface area contributed by atoms with Crippen LogP contribution in [0.15, 0.2) is 42.1 Å². The normalized spacial score (nSPS) is 16.4. The van der Waals surface area contributed by atoms with Gasteiger partial charge >= 0.3 is 0 Å². The Bertz CT molecular complexity index is 1080. The smallest absolute Gasteiger partial charge is 0.277 e. The van der Waals surface area contributed by atoms with E-state index in [4.69, 9.17) is 9.47 Å². The van der Waals surface area contributed by atoms with Gasteiger partial charge in [-0.1, -0.05) is 29.8 Å². The van der Waals surface area contributed by atoms with Crippen LogP contribution in [0.3, 0.4) is 0 Å². The fourth-order valence-corrected chi connectivity index (χ4v) is 4.61. The third-order valence-corrected chi connectivity index (χ3v) is 6.29. The summed E-state index contributed by atoms with van der Waals surface area (Å²) in [6, 6.07) is 11.7. The number of imide groups is 1. The average Bonchev–Trinajstić information content (AvgIpc) is 3.39. The van der Waals surface area contributed by atoms with Gasteiger partial charge in [0, 0.05) is 19.6 Å². The zero-order chi connectivity index (χ0) is 22.8. The lowest BCUT2D eigenvalue weighted by Crippen LogP contribution is -2.36. The van der Waals surface area contributed by atoms with Crippen LogP contribution in [0.2, 0.25) is 0 Å². The van der Waals surface area contributed by atoms with Crippen molar-refractivity contribution in [1.29, 1.82) is 0 Å². The lowest BCUT2D eigenvalue weighted by molar-refractivity contribution is -0.137. The van der Waals surface area contributed by atoms with E-state index in [2.05, 4.69) is 11.0 Å². The molecule has 0 atom stereocenters. The number of nitrogens with zero attached hydrogens (tertiary/aromatic N) is 2. The summed E-state index contributed by atoms with van der Waals surface area (Å²) >= 11 is 0. The number of aryl methyl sites for hydroxylation is 2. The first-order chi connectivity index (χ1) is 15.4. The van der Waals surface area contributed by atoms with Crippen LogP contribution >= 0.6 is 0 Å². The van der Waals surface area contributed by atoms with E-state index in [1.165, 1.54) is 4.90 Å². The Morgan fingerprint density at radius 1 is 0.875 bits per heavy atom. The van der Waals surface area contributed by atoms with E-state index in [-0.39, 0.29) is 11.8 Å². The number of hydrogen-bond donors (Lipinski definition) is 0. The summed E-state index contributed by atoms with van der Waals surface area (Å²) in [6.45, 7) is 5.97. The van der Waals surface area contributed by atoms with Gasteiger partial charge in [0.05, 0.1) is 19.8 Å². The average molecular weight is 435 g/mol.